The lowest BCUT2D eigenvalue weighted by Gasteiger charge is -2.35. The van der Waals surface area contributed by atoms with Crippen LogP contribution in [0.2, 0.25) is 0 Å². The summed E-state index contributed by atoms with van der Waals surface area (Å²) in [6, 6.07) is 0. The van der Waals surface area contributed by atoms with Crippen LogP contribution in [0.3, 0.4) is 0 Å². The number of likely N-dealkylation sites (tertiary alicyclic amines) is 1. The number of nitrogens with one attached hydrogen (secondary N) is 2. The van der Waals surface area contributed by atoms with Crippen molar-refractivity contribution in [3.8, 4) is 0 Å². The molecule has 2 aliphatic rings. The molecule has 0 spiro atoms. The van der Waals surface area contributed by atoms with Crippen LogP contribution < -0.4 is 10.6 Å². The molecule has 0 bridgehead atoms. The van der Waals surface area contributed by atoms with Crippen molar-refractivity contribution in [2.24, 2.45) is 10.9 Å². The number of rotatable bonds is 9. The van der Waals surface area contributed by atoms with Crippen LogP contribution in [-0.2, 0) is 4.74 Å². The Bertz CT molecular complexity index is 485. The van der Waals surface area contributed by atoms with Gasteiger partial charge < -0.3 is 15.4 Å². The molecule has 2 rings (SSSR count). The predicted molar refractivity (Wildman–Crippen MR) is 115 cm³/mol. The van der Waals surface area contributed by atoms with E-state index in [0.717, 1.165) is 76.7 Å². The van der Waals surface area contributed by atoms with Crippen molar-refractivity contribution in [1.82, 2.24) is 15.5 Å². The Morgan fingerprint density at radius 2 is 1.86 bits per heavy atom. The number of aliphatic imine (C=N–C) groups is 1. The molecule has 0 unspecified atom stereocenters. The molecule has 29 heavy (non-hydrogen) atoms. The third kappa shape index (κ3) is 9.34. The molecule has 170 valence electrons. The van der Waals surface area contributed by atoms with Crippen LogP contribution in [0.4, 0.5) is 13.2 Å². The van der Waals surface area contributed by atoms with Crippen molar-refractivity contribution in [1.29, 1.82) is 0 Å². The monoisotopic (exact) mass is 438 g/mol. The minimum absolute atomic E-state index is 0.167. The van der Waals surface area contributed by atoms with Gasteiger partial charge >= 0.3 is 6.18 Å². The van der Waals surface area contributed by atoms with Crippen molar-refractivity contribution in [2.45, 2.75) is 56.9 Å². The van der Waals surface area contributed by atoms with Gasteiger partial charge in [-0.1, -0.05) is 6.92 Å². The van der Waals surface area contributed by atoms with E-state index in [4.69, 9.17) is 9.73 Å². The first-order valence-electron chi connectivity index (χ1n) is 10.9. The minimum Gasteiger partial charge on any atom is -0.381 e. The van der Waals surface area contributed by atoms with Gasteiger partial charge in [0.25, 0.3) is 0 Å². The van der Waals surface area contributed by atoms with Gasteiger partial charge in [-0.05, 0) is 63.8 Å². The molecule has 2 N–H and O–H groups in total. The molecule has 2 saturated heterocycles. The van der Waals surface area contributed by atoms with Crippen LogP contribution in [0.5, 0.6) is 0 Å². The average Bonchev–Trinajstić information content (AvgIpc) is 2.67. The lowest BCUT2D eigenvalue weighted by molar-refractivity contribution is -0.148. The van der Waals surface area contributed by atoms with Crippen LogP contribution >= 0.6 is 11.8 Å². The van der Waals surface area contributed by atoms with E-state index >= 15 is 0 Å². The SMILES string of the molecule is CCNC(=NCC1(SCC)CCOCC1)NCCC1CCN(CC(F)(F)F)CC1. The maximum atomic E-state index is 12.5. The van der Waals surface area contributed by atoms with Crippen LogP contribution in [0.15, 0.2) is 4.99 Å². The molecule has 0 radical (unpaired) electrons. The van der Waals surface area contributed by atoms with E-state index in [-0.39, 0.29) is 4.75 Å². The topological polar surface area (TPSA) is 48.9 Å². The second-order valence-electron chi connectivity index (χ2n) is 7.97. The third-order valence-corrected chi connectivity index (χ3v) is 7.12. The summed E-state index contributed by atoms with van der Waals surface area (Å²) in [4.78, 5) is 6.37. The second-order valence-corrected chi connectivity index (χ2v) is 9.71. The lowest BCUT2D eigenvalue weighted by Crippen LogP contribution is -2.42. The minimum atomic E-state index is -4.09. The van der Waals surface area contributed by atoms with Crippen LogP contribution in [0.1, 0.15) is 46.0 Å². The summed E-state index contributed by atoms with van der Waals surface area (Å²) in [6.07, 6.45) is 0.607. The molecule has 2 fully saturated rings. The van der Waals surface area contributed by atoms with E-state index < -0.39 is 12.7 Å². The van der Waals surface area contributed by atoms with Crippen molar-refractivity contribution in [3.05, 3.63) is 0 Å². The molecule has 0 aliphatic carbocycles. The molecule has 0 saturated carbocycles. The quantitative estimate of drug-likeness (QED) is 0.426. The number of thioether (sulfide) groups is 1. The van der Waals surface area contributed by atoms with Crippen molar-refractivity contribution >= 4 is 17.7 Å². The third-order valence-electron chi connectivity index (χ3n) is 5.68. The zero-order valence-corrected chi connectivity index (χ0v) is 18.6. The highest BCUT2D eigenvalue weighted by molar-refractivity contribution is 8.00. The number of guanidine groups is 1. The Morgan fingerprint density at radius 3 is 2.45 bits per heavy atom. The van der Waals surface area contributed by atoms with Crippen LogP contribution in [0, 0.1) is 5.92 Å². The summed E-state index contributed by atoms with van der Waals surface area (Å²) in [5.41, 5.74) is 0. The van der Waals surface area contributed by atoms with Crippen LogP contribution in [-0.4, -0.2) is 80.0 Å². The maximum absolute atomic E-state index is 12.5. The van der Waals surface area contributed by atoms with Gasteiger partial charge in [0, 0.05) is 31.1 Å². The number of alkyl halides is 3. The number of nitrogens with zero attached hydrogens (tertiary/aromatic N) is 2. The second kappa shape index (κ2) is 12.2. The van der Waals surface area contributed by atoms with E-state index in [1.807, 2.05) is 11.8 Å². The summed E-state index contributed by atoms with van der Waals surface area (Å²) in [6.45, 7) is 8.53. The number of hydrogen-bond donors (Lipinski definition) is 2. The fraction of sp³-hybridized carbons (Fsp3) is 0.950. The molecular formula is C20H37F3N4OS. The largest absolute Gasteiger partial charge is 0.401 e. The van der Waals surface area contributed by atoms with Gasteiger partial charge in [0.1, 0.15) is 0 Å². The van der Waals surface area contributed by atoms with Gasteiger partial charge in [-0.25, -0.2) is 0 Å². The summed E-state index contributed by atoms with van der Waals surface area (Å²) in [7, 11) is 0. The van der Waals surface area contributed by atoms with Crippen molar-refractivity contribution < 1.29 is 17.9 Å². The van der Waals surface area contributed by atoms with Crippen molar-refractivity contribution in [3.63, 3.8) is 0 Å². The Labute approximate surface area is 177 Å². The molecule has 9 heteroatoms. The van der Waals surface area contributed by atoms with Gasteiger partial charge in [-0.3, -0.25) is 9.89 Å². The first kappa shape index (κ1) is 24.6. The average molecular weight is 439 g/mol. The highest BCUT2D eigenvalue weighted by Gasteiger charge is 2.33. The molecule has 2 heterocycles. The molecular weight excluding hydrogens is 401 g/mol. The molecule has 0 atom stereocenters. The first-order valence-corrected chi connectivity index (χ1v) is 11.9. The van der Waals surface area contributed by atoms with E-state index in [0.29, 0.717) is 19.0 Å². The first-order chi connectivity index (χ1) is 13.9. The van der Waals surface area contributed by atoms with E-state index in [1.165, 1.54) is 4.90 Å². The summed E-state index contributed by atoms with van der Waals surface area (Å²) in [5, 5.41) is 6.74. The standard InChI is InChI=1S/C20H37F3N4OS/c1-3-24-18(26-15-19(29-4-2)8-13-28-14-9-19)25-10-5-17-6-11-27(12-7-17)16-20(21,22)23/h17H,3-16H2,1-2H3,(H2,24,25,26). The van der Waals surface area contributed by atoms with Crippen LogP contribution in [0.25, 0.3) is 0 Å². The number of halogens is 3. The molecule has 0 amide bonds. The maximum Gasteiger partial charge on any atom is 0.401 e. The Kier molecular flexibility index (Phi) is 10.4. The Hall–Kier alpha value is -0.670. The van der Waals surface area contributed by atoms with E-state index in [1.54, 1.807) is 0 Å². The molecule has 0 aromatic carbocycles. The van der Waals surface area contributed by atoms with E-state index in [9.17, 15) is 13.2 Å². The number of ether oxygens (including phenoxy) is 1. The summed E-state index contributed by atoms with van der Waals surface area (Å²) in [5.74, 6) is 2.39. The van der Waals surface area contributed by atoms with Gasteiger partial charge in [0.15, 0.2) is 5.96 Å². The highest BCUT2D eigenvalue weighted by atomic mass is 32.2. The smallest absolute Gasteiger partial charge is 0.381 e. The lowest BCUT2D eigenvalue weighted by atomic mass is 9.93. The van der Waals surface area contributed by atoms with Crippen molar-refractivity contribution in [2.75, 3.05) is 58.2 Å². The summed E-state index contributed by atoms with van der Waals surface area (Å²) < 4.78 is 43.2. The Morgan fingerprint density at radius 1 is 1.17 bits per heavy atom. The van der Waals surface area contributed by atoms with Gasteiger partial charge in [-0.15, -0.1) is 0 Å². The highest BCUT2D eigenvalue weighted by Crippen LogP contribution is 2.35. The van der Waals surface area contributed by atoms with Gasteiger partial charge in [-0.2, -0.15) is 24.9 Å². The fourth-order valence-electron chi connectivity index (χ4n) is 4.04. The van der Waals surface area contributed by atoms with Gasteiger partial charge in [0.2, 0.25) is 0 Å². The van der Waals surface area contributed by atoms with Gasteiger partial charge in [0.05, 0.1) is 13.1 Å². The zero-order chi connectivity index (χ0) is 21.2. The molecule has 0 aromatic rings. The molecule has 5 nitrogen and oxygen atoms in total. The predicted octanol–water partition coefficient (Wildman–Crippen LogP) is 3.51. The zero-order valence-electron chi connectivity index (χ0n) is 17.8. The number of hydrogen-bond acceptors (Lipinski definition) is 4. The fourth-order valence-corrected chi connectivity index (χ4v) is 5.27. The molecule has 0 aromatic heterocycles. The Balaban J connectivity index is 1.75. The molecule has 2 aliphatic heterocycles. The van der Waals surface area contributed by atoms with E-state index in [2.05, 4.69) is 24.5 Å². The normalized spacial score (nSPS) is 21.9. The summed E-state index contributed by atoms with van der Waals surface area (Å²) >= 11 is 1.98. The number of piperidine rings is 1.